The molecule has 1 aromatic heterocycles. The standard InChI is InChI=1S/C14H24N4O2S/c1-9(2)11-6-5-10(3)7-12(11)20-13(19)8-21-14-15-16-17-18(14)4/h9-12H,5-8H2,1-4H3. The lowest BCUT2D eigenvalue weighted by Crippen LogP contribution is -2.36. The van der Waals surface area contributed by atoms with Gasteiger partial charge in [0.1, 0.15) is 6.10 Å². The highest BCUT2D eigenvalue weighted by Gasteiger charge is 2.33. The molecule has 2 rings (SSSR count). The molecule has 118 valence electrons. The second kappa shape index (κ2) is 7.24. The molecule has 0 amide bonds. The largest absolute Gasteiger partial charge is 0.461 e. The Morgan fingerprint density at radius 2 is 2.24 bits per heavy atom. The number of aromatic nitrogens is 4. The van der Waals surface area contributed by atoms with Crippen molar-refractivity contribution >= 4 is 17.7 Å². The van der Waals surface area contributed by atoms with Gasteiger partial charge in [0, 0.05) is 7.05 Å². The van der Waals surface area contributed by atoms with Crippen LogP contribution in [0.25, 0.3) is 0 Å². The maximum absolute atomic E-state index is 12.1. The summed E-state index contributed by atoms with van der Waals surface area (Å²) in [4.78, 5) is 12.1. The number of thioether (sulfide) groups is 1. The lowest BCUT2D eigenvalue weighted by Gasteiger charge is -2.36. The van der Waals surface area contributed by atoms with Gasteiger partial charge in [-0.05, 0) is 41.0 Å². The van der Waals surface area contributed by atoms with Crippen molar-refractivity contribution in [3.05, 3.63) is 0 Å². The number of rotatable bonds is 5. The van der Waals surface area contributed by atoms with Crippen LogP contribution in [-0.2, 0) is 16.6 Å². The molecule has 0 aliphatic heterocycles. The van der Waals surface area contributed by atoms with Crippen molar-refractivity contribution in [1.82, 2.24) is 20.2 Å². The molecule has 0 spiro atoms. The second-order valence-electron chi connectivity index (χ2n) is 6.23. The third-order valence-corrected chi connectivity index (χ3v) is 5.13. The monoisotopic (exact) mass is 312 g/mol. The zero-order valence-electron chi connectivity index (χ0n) is 13.2. The molecule has 0 saturated heterocycles. The fourth-order valence-corrected chi connectivity index (χ4v) is 3.55. The van der Waals surface area contributed by atoms with Crippen LogP contribution in [0.1, 0.15) is 40.0 Å². The molecule has 0 N–H and O–H groups in total. The molecule has 6 nitrogen and oxygen atoms in total. The first kappa shape index (κ1) is 16.3. The second-order valence-corrected chi connectivity index (χ2v) is 7.17. The molecule has 21 heavy (non-hydrogen) atoms. The van der Waals surface area contributed by atoms with Crippen molar-refractivity contribution in [1.29, 1.82) is 0 Å². The summed E-state index contributed by atoms with van der Waals surface area (Å²) in [5.41, 5.74) is 0. The number of aryl methyl sites for hydroxylation is 1. The van der Waals surface area contributed by atoms with Crippen LogP contribution in [0.2, 0.25) is 0 Å². The van der Waals surface area contributed by atoms with Crippen LogP contribution < -0.4 is 0 Å². The number of tetrazole rings is 1. The number of hydrogen-bond donors (Lipinski definition) is 0. The third-order valence-electron chi connectivity index (χ3n) is 4.14. The Hall–Kier alpha value is -1.11. The van der Waals surface area contributed by atoms with Gasteiger partial charge in [-0.15, -0.1) is 5.10 Å². The molecule has 0 bridgehead atoms. The van der Waals surface area contributed by atoms with Crippen LogP contribution in [0.3, 0.4) is 0 Å². The summed E-state index contributed by atoms with van der Waals surface area (Å²) in [6, 6.07) is 0. The highest BCUT2D eigenvalue weighted by molar-refractivity contribution is 7.99. The van der Waals surface area contributed by atoms with Crippen LogP contribution in [0.5, 0.6) is 0 Å². The van der Waals surface area contributed by atoms with E-state index in [-0.39, 0.29) is 17.8 Å². The number of carbonyl (C=O) groups excluding carboxylic acids is 1. The van der Waals surface area contributed by atoms with Crippen molar-refractivity contribution in [2.45, 2.75) is 51.3 Å². The Kier molecular flexibility index (Phi) is 5.61. The van der Waals surface area contributed by atoms with E-state index in [1.807, 2.05) is 0 Å². The Bertz CT molecular complexity index is 477. The molecule has 7 heteroatoms. The predicted molar refractivity (Wildman–Crippen MR) is 80.7 cm³/mol. The first-order valence-corrected chi connectivity index (χ1v) is 8.50. The van der Waals surface area contributed by atoms with E-state index in [1.165, 1.54) is 18.2 Å². The Morgan fingerprint density at radius 1 is 1.48 bits per heavy atom. The fraction of sp³-hybridized carbons (Fsp3) is 0.857. The Morgan fingerprint density at radius 3 is 2.86 bits per heavy atom. The first-order chi connectivity index (χ1) is 9.97. The number of ether oxygens (including phenoxy) is 1. The van der Waals surface area contributed by atoms with Gasteiger partial charge in [-0.2, -0.15) is 0 Å². The van der Waals surface area contributed by atoms with E-state index in [0.29, 0.717) is 22.9 Å². The lowest BCUT2D eigenvalue weighted by molar-refractivity contribution is -0.152. The lowest BCUT2D eigenvalue weighted by atomic mass is 9.75. The van der Waals surface area contributed by atoms with Crippen LogP contribution in [0.4, 0.5) is 0 Å². The van der Waals surface area contributed by atoms with Gasteiger partial charge in [-0.25, -0.2) is 4.68 Å². The van der Waals surface area contributed by atoms with Gasteiger partial charge in [0.25, 0.3) is 0 Å². The van der Waals surface area contributed by atoms with E-state index in [0.717, 1.165) is 12.8 Å². The predicted octanol–water partition coefficient (Wildman–Crippen LogP) is 2.31. The minimum Gasteiger partial charge on any atom is -0.461 e. The van der Waals surface area contributed by atoms with Gasteiger partial charge in [-0.1, -0.05) is 39.0 Å². The summed E-state index contributed by atoms with van der Waals surface area (Å²) < 4.78 is 7.29. The van der Waals surface area contributed by atoms with Gasteiger partial charge >= 0.3 is 5.97 Å². The Balaban J connectivity index is 1.86. The minimum absolute atomic E-state index is 0.0551. The molecule has 1 saturated carbocycles. The highest BCUT2D eigenvalue weighted by atomic mass is 32.2. The van der Waals surface area contributed by atoms with E-state index in [4.69, 9.17) is 4.74 Å². The van der Waals surface area contributed by atoms with Crippen LogP contribution in [0, 0.1) is 17.8 Å². The van der Waals surface area contributed by atoms with E-state index in [9.17, 15) is 4.79 Å². The molecule has 1 aliphatic rings. The number of nitrogens with zero attached hydrogens (tertiary/aromatic N) is 4. The zero-order chi connectivity index (χ0) is 15.4. The first-order valence-electron chi connectivity index (χ1n) is 7.52. The van der Waals surface area contributed by atoms with Gasteiger partial charge < -0.3 is 4.74 Å². The number of carbonyl (C=O) groups is 1. The number of esters is 1. The van der Waals surface area contributed by atoms with Gasteiger partial charge in [0.15, 0.2) is 0 Å². The van der Waals surface area contributed by atoms with E-state index in [1.54, 1.807) is 11.7 Å². The summed E-state index contributed by atoms with van der Waals surface area (Å²) in [5, 5.41) is 11.8. The minimum atomic E-state index is -0.173. The molecular weight excluding hydrogens is 288 g/mol. The average molecular weight is 312 g/mol. The summed E-state index contributed by atoms with van der Waals surface area (Å²) in [5.74, 6) is 1.74. The summed E-state index contributed by atoms with van der Waals surface area (Å²) >= 11 is 1.31. The molecular formula is C14H24N4O2S. The van der Waals surface area contributed by atoms with Crippen LogP contribution in [0.15, 0.2) is 5.16 Å². The van der Waals surface area contributed by atoms with Crippen molar-refractivity contribution in [3.63, 3.8) is 0 Å². The maximum atomic E-state index is 12.1. The van der Waals surface area contributed by atoms with Gasteiger partial charge in [0.05, 0.1) is 5.75 Å². The van der Waals surface area contributed by atoms with E-state index >= 15 is 0 Å². The molecule has 1 fully saturated rings. The van der Waals surface area contributed by atoms with Gasteiger partial charge in [0.2, 0.25) is 5.16 Å². The molecule has 3 unspecified atom stereocenters. The topological polar surface area (TPSA) is 69.9 Å². The maximum Gasteiger partial charge on any atom is 0.316 e. The summed E-state index contributed by atoms with van der Waals surface area (Å²) in [6.45, 7) is 6.65. The van der Waals surface area contributed by atoms with E-state index in [2.05, 4.69) is 36.3 Å². The zero-order valence-corrected chi connectivity index (χ0v) is 14.0. The molecule has 3 atom stereocenters. The molecule has 1 heterocycles. The van der Waals surface area contributed by atoms with Crippen molar-refractivity contribution < 1.29 is 9.53 Å². The van der Waals surface area contributed by atoms with Crippen molar-refractivity contribution in [2.24, 2.45) is 24.8 Å². The summed E-state index contributed by atoms with van der Waals surface area (Å²) in [7, 11) is 1.76. The van der Waals surface area contributed by atoms with Crippen LogP contribution in [-0.4, -0.2) is 38.0 Å². The van der Waals surface area contributed by atoms with Gasteiger partial charge in [-0.3, -0.25) is 4.79 Å². The van der Waals surface area contributed by atoms with Crippen molar-refractivity contribution in [2.75, 3.05) is 5.75 Å². The summed E-state index contributed by atoms with van der Waals surface area (Å²) in [6.07, 6.45) is 3.41. The Labute approximate surface area is 130 Å². The quantitative estimate of drug-likeness (QED) is 0.614. The molecule has 1 aliphatic carbocycles. The smallest absolute Gasteiger partial charge is 0.316 e. The molecule has 0 aromatic carbocycles. The molecule has 1 aromatic rings. The van der Waals surface area contributed by atoms with Crippen LogP contribution >= 0.6 is 11.8 Å². The third kappa shape index (κ3) is 4.43. The van der Waals surface area contributed by atoms with E-state index < -0.39 is 0 Å². The molecule has 0 radical (unpaired) electrons. The highest BCUT2D eigenvalue weighted by Crippen LogP contribution is 2.35. The number of hydrogen-bond acceptors (Lipinski definition) is 6. The SMILES string of the molecule is CC1CCC(C(C)C)C(OC(=O)CSc2nnnn2C)C1. The average Bonchev–Trinajstić information content (AvgIpc) is 2.81. The fourth-order valence-electron chi connectivity index (χ4n) is 2.92. The van der Waals surface area contributed by atoms with Crippen molar-refractivity contribution in [3.8, 4) is 0 Å². The normalized spacial score (nSPS) is 26.0.